The lowest BCUT2D eigenvalue weighted by molar-refractivity contribution is 0.629. The maximum absolute atomic E-state index is 13.8. The molecule has 26 heavy (non-hydrogen) atoms. The van der Waals surface area contributed by atoms with Crippen LogP contribution in [0.5, 0.6) is 0 Å². The highest BCUT2D eigenvalue weighted by Crippen LogP contribution is 2.27. The Labute approximate surface area is 148 Å². The van der Waals surface area contributed by atoms with E-state index in [-0.39, 0.29) is 11.9 Å². The second-order valence-corrected chi connectivity index (χ2v) is 6.00. The van der Waals surface area contributed by atoms with E-state index in [2.05, 4.69) is 25.4 Å². The number of nitrogen functional groups attached to an aromatic ring is 1. The summed E-state index contributed by atoms with van der Waals surface area (Å²) in [5.41, 5.74) is 7.87. The molecule has 8 nitrogen and oxygen atoms in total. The van der Waals surface area contributed by atoms with Crippen LogP contribution in [0.3, 0.4) is 0 Å². The zero-order chi connectivity index (χ0) is 18.3. The SMILES string of the molecule is C[C@H](Nc1cc(N)ncn1)c1nc2ccc(F)cc2n1-c1cnn(C)c1. The standard InChI is InChI=1S/C17H17FN8/c1-10(23-16-6-15(19)20-9-21-16)17-24-13-4-3-11(18)5-14(13)26(17)12-7-22-25(2)8-12/h3-10H,1-2H3,(H3,19,20,21,23)/t10-/m0/s1. The molecular formula is C17H17FN8. The number of aryl methyl sites for hydroxylation is 1. The molecule has 0 aliphatic carbocycles. The van der Waals surface area contributed by atoms with Gasteiger partial charge in [-0.15, -0.1) is 0 Å². The Morgan fingerprint density at radius 3 is 2.81 bits per heavy atom. The van der Waals surface area contributed by atoms with Crippen LogP contribution in [-0.4, -0.2) is 29.3 Å². The first-order valence-corrected chi connectivity index (χ1v) is 8.02. The summed E-state index contributed by atoms with van der Waals surface area (Å²) < 4.78 is 17.4. The van der Waals surface area contributed by atoms with Crippen LogP contribution >= 0.6 is 0 Å². The molecule has 1 atom stereocenters. The molecule has 132 valence electrons. The fourth-order valence-electron chi connectivity index (χ4n) is 2.89. The minimum atomic E-state index is -0.321. The molecule has 0 saturated carbocycles. The third kappa shape index (κ3) is 2.83. The lowest BCUT2D eigenvalue weighted by atomic mass is 10.3. The largest absolute Gasteiger partial charge is 0.384 e. The van der Waals surface area contributed by atoms with Crippen LogP contribution in [0.25, 0.3) is 16.7 Å². The van der Waals surface area contributed by atoms with Gasteiger partial charge in [0.1, 0.15) is 29.6 Å². The molecule has 0 radical (unpaired) electrons. The van der Waals surface area contributed by atoms with Gasteiger partial charge < -0.3 is 11.1 Å². The van der Waals surface area contributed by atoms with E-state index in [1.807, 2.05) is 24.7 Å². The number of nitrogens with two attached hydrogens (primary N) is 1. The van der Waals surface area contributed by atoms with Gasteiger partial charge in [0, 0.05) is 25.4 Å². The molecule has 4 rings (SSSR count). The van der Waals surface area contributed by atoms with Crippen molar-refractivity contribution in [3.05, 3.63) is 54.6 Å². The number of hydrogen-bond acceptors (Lipinski definition) is 6. The van der Waals surface area contributed by atoms with E-state index in [1.54, 1.807) is 23.0 Å². The minimum Gasteiger partial charge on any atom is -0.384 e. The molecule has 0 bridgehead atoms. The first-order chi connectivity index (χ1) is 12.5. The first-order valence-electron chi connectivity index (χ1n) is 8.02. The van der Waals surface area contributed by atoms with Gasteiger partial charge in [-0.05, 0) is 19.1 Å². The van der Waals surface area contributed by atoms with Crippen LogP contribution in [0.2, 0.25) is 0 Å². The van der Waals surface area contributed by atoms with E-state index in [1.165, 1.54) is 18.5 Å². The van der Waals surface area contributed by atoms with Crippen molar-refractivity contribution in [2.75, 3.05) is 11.1 Å². The number of imidazole rings is 1. The van der Waals surface area contributed by atoms with Crippen molar-refractivity contribution >= 4 is 22.7 Å². The van der Waals surface area contributed by atoms with Gasteiger partial charge in [-0.2, -0.15) is 5.10 Å². The monoisotopic (exact) mass is 352 g/mol. The summed E-state index contributed by atoms with van der Waals surface area (Å²) in [5.74, 6) is 1.34. The van der Waals surface area contributed by atoms with Crippen molar-refractivity contribution in [2.45, 2.75) is 13.0 Å². The number of hydrogen-bond donors (Lipinski definition) is 2. The Bertz CT molecular complexity index is 1080. The normalized spacial score (nSPS) is 12.4. The molecule has 3 heterocycles. The van der Waals surface area contributed by atoms with Crippen molar-refractivity contribution in [1.29, 1.82) is 0 Å². The molecule has 0 fully saturated rings. The molecule has 0 aliphatic rings. The predicted octanol–water partition coefficient (Wildman–Crippen LogP) is 2.44. The van der Waals surface area contributed by atoms with Crippen molar-refractivity contribution in [1.82, 2.24) is 29.3 Å². The zero-order valence-corrected chi connectivity index (χ0v) is 14.3. The number of fused-ring (bicyclic) bond motifs is 1. The zero-order valence-electron chi connectivity index (χ0n) is 14.3. The molecule has 3 N–H and O–H groups in total. The number of rotatable bonds is 4. The van der Waals surface area contributed by atoms with E-state index in [4.69, 9.17) is 5.73 Å². The van der Waals surface area contributed by atoms with Gasteiger partial charge >= 0.3 is 0 Å². The maximum atomic E-state index is 13.8. The summed E-state index contributed by atoms with van der Waals surface area (Å²) in [7, 11) is 1.83. The number of benzene rings is 1. The average molecular weight is 352 g/mol. The third-order valence-corrected chi connectivity index (χ3v) is 4.03. The highest BCUT2D eigenvalue weighted by Gasteiger charge is 2.19. The Morgan fingerprint density at radius 2 is 2.08 bits per heavy atom. The van der Waals surface area contributed by atoms with Gasteiger partial charge in [-0.3, -0.25) is 9.25 Å². The fourth-order valence-corrected chi connectivity index (χ4v) is 2.89. The summed E-state index contributed by atoms with van der Waals surface area (Å²) in [5, 5.41) is 7.47. The second-order valence-electron chi connectivity index (χ2n) is 6.00. The third-order valence-electron chi connectivity index (χ3n) is 4.03. The van der Waals surface area contributed by atoms with Gasteiger partial charge in [0.2, 0.25) is 0 Å². The fraction of sp³-hybridized carbons (Fsp3) is 0.176. The predicted molar refractivity (Wildman–Crippen MR) is 96.3 cm³/mol. The van der Waals surface area contributed by atoms with Gasteiger partial charge in [0.15, 0.2) is 0 Å². The quantitative estimate of drug-likeness (QED) is 0.585. The second kappa shape index (κ2) is 6.10. The van der Waals surface area contributed by atoms with E-state index in [0.717, 1.165) is 5.69 Å². The molecule has 3 aromatic heterocycles. The van der Waals surface area contributed by atoms with Crippen molar-refractivity contribution in [3.8, 4) is 5.69 Å². The van der Waals surface area contributed by atoms with Crippen molar-refractivity contribution in [2.24, 2.45) is 7.05 Å². The molecule has 0 saturated heterocycles. The summed E-state index contributed by atoms with van der Waals surface area (Å²) >= 11 is 0. The molecule has 9 heteroatoms. The number of nitrogens with one attached hydrogen (secondary N) is 1. The van der Waals surface area contributed by atoms with Crippen LogP contribution in [0.4, 0.5) is 16.0 Å². The molecule has 0 unspecified atom stereocenters. The summed E-state index contributed by atoms with van der Waals surface area (Å²) in [6.07, 6.45) is 4.96. The number of anilines is 2. The number of nitrogens with zero attached hydrogens (tertiary/aromatic N) is 6. The Hall–Kier alpha value is -3.49. The van der Waals surface area contributed by atoms with Gasteiger partial charge in [0.05, 0.1) is 29.0 Å². The van der Waals surface area contributed by atoms with Gasteiger partial charge in [-0.1, -0.05) is 0 Å². The van der Waals surface area contributed by atoms with Gasteiger partial charge in [0.25, 0.3) is 0 Å². The number of aromatic nitrogens is 6. The minimum absolute atomic E-state index is 0.222. The van der Waals surface area contributed by atoms with Crippen LogP contribution in [0.15, 0.2) is 43.0 Å². The molecule has 0 amide bonds. The van der Waals surface area contributed by atoms with E-state index in [9.17, 15) is 4.39 Å². The smallest absolute Gasteiger partial charge is 0.136 e. The molecular weight excluding hydrogens is 335 g/mol. The summed E-state index contributed by atoms with van der Waals surface area (Å²) in [4.78, 5) is 12.7. The van der Waals surface area contributed by atoms with E-state index < -0.39 is 0 Å². The van der Waals surface area contributed by atoms with E-state index >= 15 is 0 Å². The molecule has 0 spiro atoms. The van der Waals surface area contributed by atoms with Crippen molar-refractivity contribution in [3.63, 3.8) is 0 Å². The highest BCUT2D eigenvalue weighted by atomic mass is 19.1. The maximum Gasteiger partial charge on any atom is 0.136 e. The lowest BCUT2D eigenvalue weighted by Crippen LogP contribution is -2.14. The van der Waals surface area contributed by atoms with Crippen molar-refractivity contribution < 1.29 is 4.39 Å². The summed E-state index contributed by atoms with van der Waals surface area (Å²) in [6, 6.07) is 5.95. The topological polar surface area (TPSA) is 99.5 Å². The van der Waals surface area contributed by atoms with Crippen LogP contribution in [0, 0.1) is 5.82 Å². The average Bonchev–Trinajstić information content (AvgIpc) is 3.17. The van der Waals surface area contributed by atoms with Crippen LogP contribution in [0.1, 0.15) is 18.8 Å². The van der Waals surface area contributed by atoms with E-state index in [0.29, 0.717) is 28.5 Å². The highest BCUT2D eigenvalue weighted by molar-refractivity contribution is 5.78. The molecule has 0 aliphatic heterocycles. The molecule has 4 aromatic rings. The van der Waals surface area contributed by atoms with Crippen LogP contribution < -0.4 is 11.1 Å². The Balaban J connectivity index is 1.83. The number of halogens is 1. The van der Waals surface area contributed by atoms with Crippen LogP contribution in [-0.2, 0) is 7.05 Å². The summed E-state index contributed by atoms with van der Waals surface area (Å²) in [6.45, 7) is 1.95. The first kappa shape index (κ1) is 16.0. The molecule has 1 aromatic carbocycles. The van der Waals surface area contributed by atoms with Gasteiger partial charge in [-0.25, -0.2) is 19.3 Å². The Kier molecular flexibility index (Phi) is 3.76. The lowest BCUT2D eigenvalue weighted by Gasteiger charge is -2.16. The Morgan fingerprint density at radius 1 is 1.23 bits per heavy atom.